The number of halogens is 1. The zero-order chi connectivity index (χ0) is 28.8. The minimum absolute atomic E-state index is 0.0132. The van der Waals surface area contributed by atoms with Crippen molar-refractivity contribution in [1.82, 2.24) is 15.1 Å². The van der Waals surface area contributed by atoms with E-state index in [4.69, 9.17) is 4.74 Å². The SMILES string of the molecule is CC(=O)N1C[C@H]2CC(c3ccc(CCCOc4ccc(F)cc4)cc3)=C(C(=O)N(C)CCc3ccccc3)[C@@H](C1)N2. The molecular formula is C34H38FN3O3. The Morgan fingerprint density at radius 1 is 0.951 bits per heavy atom. The van der Waals surface area contributed by atoms with Gasteiger partial charge in [-0.3, -0.25) is 9.59 Å². The number of amides is 2. The average Bonchev–Trinajstić information content (AvgIpc) is 2.99. The van der Waals surface area contributed by atoms with Crippen molar-refractivity contribution in [2.75, 3.05) is 33.3 Å². The number of ether oxygens (including phenoxy) is 1. The van der Waals surface area contributed by atoms with E-state index in [2.05, 4.69) is 41.7 Å². The molecule has 2 bridgehead atoms. The van der Waals surface area contributed by atoms with Crippen LogP contribution in [0.3, 0.4) is 0 Å². The van der Waals surface area contributed by atoms with Gasteiger partial charge in [0.15, 0.2) is 0 Å². The molecule has 2 atom stereocenters. The molecule has 3 aromatic carbocycles. The van der Waals surface area contributed by atoms with E-state index in [1.807, 2.05) is 35.0 Å². The number of benzene rings is 3. The molecule has 0 unspecified atom stereocenters. The van der Waals surface area contributed by atoms with Crippen LogP contribution in [0.25, 0.3) is 5.57 Å². The summed E-state index contributed by atoms with van der Waals surface area (Å²) in [7, 11) is 1.87. The Kier molecular flexibility index (Phi) is 9.14. The molecule has 3 aromatic rings. The number of aryl methyl sites for hydroxylation is 1. The normalized spacial score (nSPS) is 18.3. The first kappa shape index (κ1) is 28.6. The maximum atomic E-state index is 13.9. The lowest BCUT2D eigenvalue weighted by molar-refractivity contribution is -0.132. The predicted molar refractivity (Wildman–Crippen MR) is 159 cm³/mol. The summed E-state index contributed by atoms with van der Waals surface area (Å²) in [5.41, 5.74) is 5.29. The van der Waals surface area contributed by atoms with Crippen molar-refractivity contribution in [3.8, 4) is 5.75 Å². The van der Waals surface area contributed by atoms with Crippen LogP contribution in [-0.4, -0.2) is 67.0 Å². The summed E-state index contributed by atoms with van der Waals surface area (Å²) < 4.78 is 18.8. The van der Waals surface area contributed by atoms with E-state index in [1.165, 1.54) is 23.3 Å². The van der Waals surface area contributed by atoms with Gasteiger partial charge in [0.25, 0.3) is 5.91 Å². The molecular weight excluding hydrogens is 517 g/mol. The second-order valence-corrected chi connectivity index (χ2v) is 11.0. The summed E-state index contributed by atoms with van der Waals surface area (Å²) in [4.78, 5) is 29.9. The molecule has 0 saturated carbocycles. The van der Waals surface area contributed by atoms with E-state index in [-0.39, 0.29) is 29.7 Å². The van der Waals surface area contributed by atoms with Crippen LogP contribution in [0.15, 0.2) is 84.4 Å². The number of fused-ring (bicyclic) bond motifs is 2. The molecule has 2 aliphatic rings. The van der Waals surface area contributed by atoms with E-state index in [1.54, 1.807) is 19.1 Å². The molecule has 2 heterocycles. The molecule has 1 N–H and O–H groups in total. The van der Waals surface area contributed by atoms with E-state index in [0.717, 1.165) is 36.0 Å². The average molecular weight is 556 g/mol. The highest BCUT2D eigenvalue weighted by atomic mass is 19.1. The Morgan fingerprint density at radius 3 is 2.37 bits per heavy atom. The number of rotatable bonds is 10. The highest BCUT2D eigenvalue weighted by molar-refractivity contribution is 6.03. The molecule has 0 aliphatic carbocycles. The van der Waals surface area contributed by atoms with E-state index in [9.17, 15) is 14.0 Å². The summed E-state index contributed by atoms with van der Waals surface area (Å²) in [6.07, 6.45) is 3.17. The van der Waals surface area contributed by atoms with E-state index < -0.39 is 0 Å². The third-order valence-electron chi connectivity index (χ3n) is 8.00. The Hall–Kier alpha value is -3.97. The predicted octanol–water partition coefficient (Wildman–Crippen LogP) is 4.88. The molecule has 2 amide bonds. The zero-order valence-electron chi connectivity index (χ0n) is 23.8. The molecule has 5 rings (SSSR count). The first-order valence-corrected chi connectivity index (χ1v) is 14.4. The van der Waals surface area contributed by atoms with Gasteiger partial charge in [0, 0.05) is 45.2 Å². The third-order valence-corrected chi connectivity index (χ3v) is 8.00. The Labute approximate surface area is 241 Å². The fourth-order valence-corrected chi connectivity index (χ4v) is 5.74. The smallest absolute Gasteiger partial charge is 0.251 e. The number of nitrogens with zero attached hydrogens (tertiary/aromatic N) is 2. The fraction of sp³-hybridized carbons (Fsp3) is 0.353. The summed E-state index contributed by atoms with van der Waals surface area (Å²) >= 11 is 0. The molecule has 214 valence electrons. The lowest BCUT2D eigenvalue weighted by Crippen LogP contribution is -2.61. The van der Waals surface area contributed by atoms with Gasteiger partial charge in [-0.2, -0.15) is 0 Å². The highest BCUT2D eigenvalue weighted by Crippen LogP contribution is 2.34. The van der Waals surface area contributed by atoms with Crippen molar-refractivity contribution in [2.45, 2.75) is 44.7 Å². The number of nitrogens with one attached hydrogen (secondary N) is 1. The molecule has 1 fully saturated rings. The van der Waals surface area contributed by atoms with Gasteiger partial charge in [0.05, 0.1) is 12.6 Å². The van der Waals surface area contributed by atoms with Gasteiger partial charge in [0.2, 0.25) is 5.91 Å². The van der Waals surface area contributed by atoms with Crippen LogP contribution >= 0.6 is 0 Å². The first-order valence-electron chi connectivity index (χ1n) is 14.4. The molecule has 0 spiro atoms. The summed E-state index contributed by atoms with van der Waals surface area (Å²) in [5.74, 6) is 0.449. The highest BCUT2D eigenvalue weighted by Gasteiger charge is 2.39. The Bertz CT molecular complexity index is 1370. The van der Waals surface area contributed by atoms with Crippen LogP contribution in [-0.2, 0) is 22.4 Å². The molecule has 0 radical (unpaired) electrons. The van der Waals surface area contributed by atoms with Crippen molar-refractivity contribution in [3.05, 3.63) is 107 Å². The van der Waals surface area contributed by atoms with Gasteiger partial charge in [-0.1, -0.05) is 54.6 Å². The maximum Gasteiger partial charge on any atom is 0.251 e. The molecule has 1 saturated heterocycles. The topological polar surface area (TPSA) is 61.9 Å². The van der Waals surface area contributed by atoms with E-state index >= 15 is 0 Å². The van der Waals surface area contributed by atoms with Gasteiger partial charge in [-0.25, -0.2) is 4.39 Å². The number of hydrogen-bond donors (Lipinski definition) is 1. The number of piperazine rings is 1. The van der Waals surface area contributed by atoms with Crippen LogP contribution in [0.4, 0.5) is 4.39 Å². The maximum absolute atomic E-state index is 13.9. The second-order valence-electron chi connectivity index (χ2n) is 11.0. The van der Waals surface area contributed by atoms with E-state index in [0.29, 0.717) is 38.4 Å². The molecule has 6 nitrogen and oxygen atoms in total. The molecule has 41 heavy (non-hydrogen) atoms. The monoisotopic (exact) mass is 555 g/mol. The second kappa shape index (κ2) is 13.1. The van der Waals surface area contributed by atoms with Crippen molar-refractivity contribution in [3.63, 3.8) is 0 Å². The third kappa shape index (κ3) is 7.22. The summed E-state index contributed by atoms with van der Waals surface area (Å²) in [5, 5.41) is 3.63. The summed E-state index contributed by atoms with van der Waals surface area (Å²) in [6.45, 7) is 3.91. The molecule has 7 heteroatoms. The molecule has 0 aromatic heterocycles. The zero-order valence-corrected chi connectivity index (χ0v) is 23.8. The fourth-order valence-electron chi connectivity index (χ4n) is 5.74. The first-order chi connectivity index (χ1) is 19.9. The lowest BCUT2D eigenvalue weighted by Gasteiger charge is -2.44. The Balaban J connectivity index is 1.30. The number of likely N-dealkylation sites (N-methyl/N-ethyl adjacent to an activating group) is 1. The van der Waals surface area contributed by atoms with Gasteiger partial charge >= 0.3 is 0 Å². The minimum Gasteiger partial charge on any atom is -0.494 e. The Morgan fingerprint density at radius 2 is 1.66 bits per heavy atom. The van der Waals surface area contributed by atoms with Gasteiger partial charge in [-0.05, 0) is 72.2 Å². The molecule has 2 aliphatic heterocycles. The largest absolute Gasteiger partial charge is 0.494 e. The van der Waals surface area contributed by atoms with Crippen molar-refractivity contribution in [1.29, 1.82) is 0 Å². The quantitative estimate of drug-likeness (QED) is 0.362. The number of hydrogen-bond acceptors (Lipinski definition) is 4. The minimum atomic E-state index is -0.273. The van der Waals surface area contributed by atoms with Gasteiger partial charge in [0.1, 0.15) is 11.6 Å². The standard InChI is InChI=1S/C34H38FN3O3/c1-24(39)38-22-29-21-31(27-12-10-26(11-13-27)9-6-20-41-30-16-14-28(35)15-17-30)33(32(23-38)36-29)34(40)37(2)19-18-25-7-4-3-5-8-25/h3-5,7-8,10-17,29,32,36H,6,9,18-23H2,1-2H3/t29-,32-/m1/s1. The van der Waals surface area contributed by atoms with Crippen LogP contribution < -0.4 is 10.1 Å². The van der Waals surface area contributed by atoms with Crippen LogP contribution in [0, 0.1) is 5.82 Å². The van der Waals surface area contributed by atoms with Crippen LogP contribution in [0.5, 0.6) is 5.75 Å². The number of carbonyl (C=O) groups is 2. The van der Waals surface area contributed by atoms with Crippen molar-refractivity contribution in [2.24, 2.45) is 0 Å². The van der Waals surface area contributed by atoms with Gasteiger partial charge in [-0.15, -0.1) is 0 Å². The number of carbonyl (C=O) groups excluding carboxylic acids is 2. The van der Waals surface area contributed by atoms with Crippen molar-refractivity contribution < 1.29 is 18.7 Å². The van der Waals surface area contributed by atoms with Crippen molar-refractivity contribution >= 4 is 17.4 Å². The summed E-state index contributed by atoms with van der Waals surface area (Å²) in [6, 6.07) is 24.7. The lowest BCUT2D eigenvalue weighted by atomic mass is 9.82. The van der Waals surface area contributed by atoms with Crippen LogP contribution in [0.1, 0.15) is 36.5 Å². The van der Waals surface area contributed by atoms with Crippen LogP contribution in [0.2, 0.25) is 0 Å². The van der Waals surface area contributed by atoms with Gasteiger partial charge < -0.3 is 19.9 Å².